The summed E-state index contributed by atoms with van der Waals surface area (Å²) in [5.41, 5.74) is 7.22. The Morgan fingerprint density at radius 2 is 1.72 bits per heavy atom. The molecule has 150 valence electrons. The molecule has 0 saturated carbocycles. The summed E-state index contributed by atoms with van der Waals surface area (Å²) >= 11 is 3.42. The molecule has 0 bridgehead atoms. The van der Waals surface area contributed by atoms with Gasteiger partial charge in [0.1, 0.15) is 11.5 Å². The molecule has 1 atom stereocenters. The van der Waals surface area contributed by atoms with Gasteiger partial charge in [-0.15, -0.1) is 0 Å². The van der Waals surface area contributed by atoms with Crippen molar-refractivity contribution in [2.75, 3.05) is 12.4 Å². The number of carbonyl (C=O) groups excluding carboxylic acids is 2. The lowest BCUT2D eigenvalue weighted by atomic mass is 10.2. The van der Waals surface area contributed by atoms with Crippen molar-refractivity contribution in [3.63, 3.8) is 0 Å². The highest BCUT2D eigenvalue weighted by Gasteiger charge is 2.19. The van der Waals surface area contributed by atoms with E-state index in [1.165, 1.54) is 0 Å². The number of likely N-dealkylation sites (N-methyl/N-ethyl adjacent to an activating group) is 1. The van der Waals surface area contributed by atoms with Crippen LogP contribution in [0.5, 0.6) is 0 Å². The van der Waals surface area contributed by atoms with Crippen molar-refractivity contribution >= 4 is 33.4 Å². The Kier molecular flexibility index (Phi) is 6.51. The van der Waals surface area contributed by atoms with Gasteiger partial charge >= 0.3 is 0 Å². The van der Waals surface area contributed by atoms with Gasteiger partial charge in [0, 0.05) is 21.3 Å². The SMILES string of the molecule is C[C@@H](C(=O)Nc1ccc(C(N)=O)cc1)N(C)Cc1ccc(-c2ccc(Br)cc2)o1. The largest absolute Gasteiger partial charge is 0.460 e. The normalized spacial score (nSPS) is 12.0. The number of nitrogens with one attached hydrogen (secondary N) is 1. The number of carbonyl (C=O) groups is 2. The first-order valence-electron chi connectivity index (χ1n) is 9.09. The topological polar surface area (TPSA) is 88.6 Å². The number of nitrogens with zero attached hydrogens (tertiary/aromatic N) is 1. The molecule has 3 N–H and O–H groups in total. The molecule has 7 heteroatoms. The Bertz CT molecular complexity index is 997. The van der Waals surface area contributed by atoms with Crippen molar-refractivity contribution < 1.29 is 14.0 Å². The molecule has 0 unspecified atom stereocenters. The standard InChI is InChI=1S/C22H22BrN3O3/c1-14(22(28)25-18-9-5-16(6-10-18)21(24)27)26(2)13-19-11-12-20(29-19)15-3-7-17(23)8-4-15/h3-12,14H,13H2,1-2H3,(H2,24,27)(H,25,28)/t14-/m0/s1. The van der Waals surface area contributed by atoms with Gasteiger partial charge in [-0.1, -0.05) is 28.1 Å². The van der Waals surface area contributed by atoms with Crippen LogP contribution in [0.4, 0.5) is 5.69 Å². The van der Waals surface area contributed by atoms with Crippen molar-refractivity contribution in [3.05, 3.63) is 76.5 Å². The third-order valence-electron chi connectivity index (χ3n) is 4.67. The number of hydrogen-bond donors (Lipinski definition) is 2. The summed E-state index contributed by atoms with van der Waals surface area (Å²) in [6.07, 6.45) is 0. The maximum atomic E-state index is 12.5. The van der Waals surface area contributed by atoms with E-state index in [0.29, 0.717) is 17.8 Å². The zero-order valence-electron chi connectivity index (χ0n) is 16.2. The maximum Gasteiger partial charge on any atom is 0.248 e. The molecule has 3 aromatic rings. The fourth-order valence-electron chi connectivity index (χ4n) is 2.78. The van der Waals surface area contributed by atoms with Gasteiger partial charge in [0.25, 0.3) is 0 Å². The van der Waals surface area contributed by atoms with Gasteiger partial charge in [-0.25, -0.2) is 0 Å². The summed E-state index contributed by atoms with van der Waals surface area (Å²) in [4.78, 5) is 25.6. The number of halogens is 1. The number of primary amides is 1. The summed E-state index contributed by atoms with van der Waals surface area (Å²) in [5, 5.41) is 2.84. The average molecular weight is 456 g/mol. The number of amides is 2. The maximum absolute atomic E-state index is 12.5. The van der Waals surface area contributed by atoms with E-state index in [9.17, 15) is 9.59 Å². The number of anilines is 1. The molecule has 6 nitrogen and oxygen atoms in total. The van der Waals surface area contributed by atoms with Gasteiger partial charge in [-0.2, -0.15) is 0 Å². The minimum absolute atomic E-state index is 0.154. The number of rotatable bonds is 7. The molecule has 0 fully saturated rings. The van der Waals surface area contributed by atoms with Crippen LogP contribution in [0.15, 0.2) is 69.6 Å². The van der Waals surface area contributed by atoms with Gasteiger partial charge in [0.05, 0.1) is 12.6 Å². The molecule has 0 aliphatic heterocycles. The minimum atomic E-state index is -0.503. The lowest BCUT2D eigenvalue weighted by Crippen LogP contribution is -2.39. The van der Waals surface area contributed by atoms with Crippen LogP contribution in [0.2, 0.25) is 0 Å². The van der Waals surface area contributed by atoms with E-state index in [4.69, 9.17) is 10.2 Å². The van der Waals surface area contributed by atoms with E-state index in [-0.39, 0.29) is 11.9 Å². The van der Waals surface area contributed by atoms with E-state index in [0.717, 1.165) is 21.6 Å². The quantitative estimate of drug-likeness (QED) is 0.556. The van der Waals surface area contributed by atoms with Crippen LogP contribution in [0, 0.1) is 0 Å². The van der Waals surface area contributed by atoms with Crippen molar-refractivity contribution in [2.24, 2.45) is 5.73 Å². The Morgan fingerprint density at radius 3 is 2.34 bits per heavy atom. The Hall–Kier alpha value is -2.90. The molecule has 2 amide bonds. The van der Waals surface area contributed by atoms with Crippen LogP contribution in [0.1, 0.15) is 23.0 Å². The molecule has 3 rings (SSSR count). The molecule has 1 heterocycles. The van der Waals surface area contributed by atoms with Crippen molar-refractivity contribution in [3.8, 4) is 11.3 Å². The number of benzene rings is 2. The van der Waals surface area contributed by atoms with Gasteiger partial charge < -0.3 is 15.5 Å². The van der Waals surface area contributed by atoms with Crippen LogP contribution in [-0.4, -0.2) is 29.8 Å². The third-order valence-corrected chi connectivity index (χ3v) is 5.20. The molecular weight excluding hydrogens is 434 g/mol. The third kappa shape index (κ3) is 5.34. The molecule has 0 aliphatic rings. The van der Waals surface area contributed by atoms with Crippen molar-refractivity contribution in [2.45, 2.75) is 19.5 Å². The fourth-order valence-corrected chi connectivity index (χ4v) is 3.04. The molecule has 0 aliphatic carbocycles. The predicted octanol–water partition coefficient (Wildman–Crippen LogP) is 4.27. The number of nitrogens with two attached hydrogens (primary N) is 1. The molecular formula is C22H22BrN3O3. The first-order chi connectivity index (χ1) is 13.8. The van der Waals surface area contributed by atoms with Crippen molar-refractivity contribution in [1.29, 1.82) is 0 Å². The smallest absolute Gasteiger partial charge is 0.248 e. The van der Waals surface area contributed by atoms with Crippen LogP contribution in [0.3, 0.4) is 0 Å². The number of hydrogen-bond acceptors (Lipinski definition) is 4. The second-order valence-corrected chi connectivity index (χ2v) is 7.71. The van der Waals surface area contributed by atoms with E-state index in [2.05, 4.69) is 21.2 Å². The average Bonchev–Trinajstić information content (AvgIpc) is 3.16. The lowest BCUT2D eigenvalue weighted by molar-refractivity contribution is -0.120. The zero-order valence-corrected chi connectivity index (χ0v) is 17.8. The minimum Gasteiger partial charge on any atom is -0.460 e. The monoisotopic (exact) mass is 455 g/mol. The lowest BCUT2D eigenvalue weighted by Gasteiger charge is -2.23. The highest BCUT2D eigenvalue weighted by atomic mass is 79.9. The molecule has 0 radical (unpaired) electrons. The van der Waals surface area contributed by atoms with Gasteiger partial charge in [0.2, 0.25) is 11.8 Å². The first kappa shape index (κ1) is 20.8. The van der Waals surface area contributed by atoms with E-state index < -0.39 is 5.91 Å². The fraction of sp³-hybridized carbons (Fsp3) is 0.182. The molecule has 2 aromatic carbocycles. The Balaban J connectivity index is 1.59. The van der Waals surface area contributed by atoms with Crippen molar-refractivity contribution in [1.82, 2.24) is 4.90 Å². The van der Waals surface area contributed by atoms with E-state index in [1.54, 1.807) is 24.3 Å². The van der Waals surface area contributed by atoms with Gasteiger partial charge in [-0.3, -0.25) is 14.5 Å². The second kappa shape index (κ2) is 9.07. The van der Waals surface area contributed by atoms with Crippen LogP contribution >= 0.6 is 15.9 Å². The zero-order chi connectivity index (χ0) is 21.0. The van der Waals surface area contributed by atoms with Gasteiger partial charge in [0.15, 0.2) is 0 Å². The van der Waals surface area contributed by atoms with Crippen LogP contribution < -0.4 is 11.1 Å². The Labute approximate surface area is 177 Å². The summed E-state index contributed by atoms with van der Waals surface area (Å²) in [6.45, 7) is 2.32. The van der Waals surface area contributed by atoms with Crippen LogP contribution in [0.25, 0.3) is 11.3 Å². The Morgan fingerprint density at radius 1 is 1.07 bits per heavy atom. The van der Waals surface area contributed by atoms with Gasteiger partial charge in [-0.05, 0) is 62.5 Å². The predicted molar refractivity (Wildman–Crippen MR) is 116 cm³/mol. The summed E-state index contributed by atoms with van der Waals surface area (Å²) in [6, 6.07) is 17.8. The summed E-state index contributed by atoms with van der Waals surface area (Å²) in [5.74, 6) is 0.902. The second-order valence-electron chi connectivity index (χ2n) is 6.79. The molecule has 1 aromatic heterocycles. The molecule has 29 heavy (non-hydrogen) atoms. The summed E-state index contributed by atoms with van der Waals surface area (Å²) < 4.78 is 6.94. The van der Waals surface area contributed by atoms with E-state index in [1.807, 2.05) is 55.3 Å². The molecule has 0 saturated heterocycles. The van der Waals surface area contributed by atoms with E-state index >= 15 is 0 Å². The van der Waals surface area contributed by atoms with Crippen LogP contribution in [-0.2, 0) is 11.3 Å². The number of furan rings is 1. The molecule has 0 spiro atoms. The highest BCUT2D eigenvalue weighted by molar-refractivity contribution is 9.10. The first-order valence-corrected chi connectivity index (χ1v) is 9.88. The highest BCUT2D eigenvalue weighted by Crippen LogP contribution is 2.24. The summed E-state index contributed by atoms with van der Waals surface area (Å²) in [7, 11) is 1.86.